The second kappa shape index (κ2) is 6.36. The number of rotatable bonds is 7. The van der Waals surface area contributed by atoms with Crippen LogP contribution < -0.4 is 5.73 Å². The molecule has 2 atom stereocenters. The Morgan fingerprint density at radius 1 is 1.53 bits per heavy atom. The minimum absolute atomic E-state index is 0.563. The van der Waals surface area contributed by atoms with Gasteiger partial charge in [0, 0.05) is 6.54 Å². The van der Waals surface area contributed by atoms with Crippen LogP contribution >= 0.6 is 0 Å². The molecule has 1 saturated heterocycles. The molecule has 3 N–H and O–H groups in total. The van der Waals surface area contributed by atoms with E-state index >= 15 is 0 Å². The zero-order valence-corrected chi connectivity index (χ0v) is 11.1. The molecule has 1 aliphatic rings. The fraction of sp³-hybridized carbons (Fsp3) is 0.923. The van der Waals surface area contributed by atoms with E-state index in [1.807, 2.05) is 0 Å². The minimum Gasteiger partial charge on any atom is -0.480 e. The lowest BCUT2D eigenvalue weighted by Gasteiger charge is -2.20. The molecule has 100 valence electrons. The SMILES string of the molecule is CCC1CCN(CCCCC(C)(N)C(=O)O)C1. The number of carboxylic acid groups (broad SMARTS) is 1. The van der Waals surface area contributed by atoms with Gasteiger partial charge >= 0.3 is 5.97 Å². The maximum Gasteiger partial charge on any atom is 0.323 e. The normalized spacial score (nSPS) is 24.8. The van der Waals surface area contributed by atoms with Gasteiger partial charge in [0.2, 0.25) is 0 Å². The maximum atomic E-state index is 10.8. The summed E-state index contributed by atoms with van der Waals surface area (Å²) in [4.78, 5) is 13.3. The first-order valence-electron chi connectivity index (χ1n) is 6.70. The van der Waals surface area contributed by atoms with Crippen LogP contribution in [0.4, 0.5) is 0 Å². The highest BCUT2D eigenvalue weighted by Crippen LogP contribution is 2.20. The third kappa shape index (κ3) is 4.64. The van der Waals surface area contributed by atoms with Gasteiger partial charge in [-0.3, -0.25) is 4.79 Å². The van der Waals surface area contributed by atoms with Crippen molar-refractivity contribution >= 4 is 5.97 Å². The number of hydrogen-bond donors (Lipinski definition) is 2. The Morgan fingerprint density at radius 3 is 2.76 bits per heavy atom. The van der Waals surface area contributed by atoms with Crippen LogP contribution in [0.3, 0.4) is 0 Å². The average Bonchev–Trinajstić information content (AvgIpc) is 2.72. The quantitative estimate of drug-likeness (QED) is 0.667. The van der Waals surface area contributed by atoms with E-state index in [9.17, 15) is 4.79 Å². The van der Waals surface area contributed by atoms with E-state index in [1.165, 1.54) is 25.9 Å². The van der Waals surface area contributed by atoms with Crippen LogP contribution in [0.15, 0.2) is 0 Å². The first-order chi connectivity index (χ1) is 7.95. The maximum absolute atomic E-state index is 10.8. The fourth-order valence-corrected chi connectivity index (χ4v) is 2.38. The van der Waals surface area contributed by atoms with Crippen LogP contribution in [-0.2, 0) is 4.79 Å². The molecule has 0 aromatic rings. The summed E-state index contributed by atoms with van der Waals surface area (Å²) in [7, 11) is 0. The first-order valence-corrected chi connectivity index (χ1v) is 6.70. The van der Waals surface area contributed by atoms with E-state index in [0.29, 0.717) is 6.42 Å². The molecule has 4 nitrogen and oxygen atoms in total. The first kappa shape index (κ1) is 14.5. The summed E-state index contributed by atoms with van der Waals surface area (Å²) in [6.45, 7) is 7.36. The highest BCUT2D eigenvalue weighted by molar-refractivity contribution is 5.77. The molecule has 4 heteroatoms. The Balaban J connectivity index is 2.11. The topological polar surface area (TPSA) is 66.6 Å². The monoisotopic (exact) mass is 242 g/mol. The number of carbonyl (C=O) groups is 1. The Bertz CT molecular complexity index is 254. The van der Waals surface area contributed by atoms with E-state index in [1.54, 1.807) is 6.92 Å². The Morgan fingerprint density at radius 2 is 2.24 bits per heavy atom. The van der Waals surface area contributed by atoms with E-state index in [-0.39, 0.29) is 0 Å². The highest BCUT2D eigenvalue weighted by atomic mass is 16.4. The molecule has 1 aliphatic heterocycles. The lowest BCUT2D eigenvalue weighted by atomic mass is 9.96. The number of aliphatic carboxylic acids is 1. The van der Waals surface area contributed by atoms with Crippen LogP contribution in [0.2, 0.25) is 0 Å². The zero-order valence-electron chi connectivity index (χ0n) is 11.1. The molecule has 0 radical (unpaired) electrons. The van der Waals surface area contributed by atoms with Crippen LogP contribution in [0.25, 0.3) is 0 Å². The molecule has 0 amide bonds. The number of likely N-dealkylation sites (tertiary alicyclic amines) is 1. The summed E-state index contributed by atoms with van der Waals surface area (Å²) in [5.74, 6) is -0.0292. The van der Waals surface area contributed by atoms with Crippen molar-refractivity contribution in [3.8, 4) is 0 Å². The summed E-state index contributed by atoms with van der Waals surface area (Å²) < 4.78 is 0. The molecular formula is C13H26N2O2. The number of carboxylic acids is 1. The molecule has 0 saturated carbocycles. The van der Waals surface area contributed by atoms with Crippen molar-refractivity contribution in [2.45, 2.75) is 51.5 Å². The van der Waals surface area contributed by atoms with Crippen LogP contribution in [0, 0.1) is 5.92 Å². The minimum atomic E-state index is -1.06. The summed E-state index contributed by atoms with van der Waals surface area (Å²) in [6.07, 6.45) is 5.10. The number of hydrogen-bond acceptors (Lipinski definition) is 3. The van der Waals surface area contributed by atoms with Gasteiger partial charge in [-0.1, -0.05) is 13.3 Å². The van der Waals surface area contributed by atoms with Crippen molar-refractivity contribution < 1.29 is 9.90 Å². The van der Waals surface area contributed by atoms with E-state index in [4.69, 9.17) is 10.8 Å². The Hall–Kier alpha value is -0.610. The van der Waals surface area contributed by atoms with Gasteiger partial charge in [0.15, 0.2) is 0 Å². The lowest BCUT2D eigenvalue weighted by Crippen LogP contribution is -2.44. The molecule has 0 aromatic carbocycles. The molecule has 0 aromatic heterocycles. The van der Waals surface area contributed by atoms with Gasteiger partial charge in [0.05, 0.1) is 0 Å². The highest BCUT2D eigenvalue weighted by Gasteiger charge is 2.27. The molecule has 0 spiro atoms. The number of unbranched alkanes of at least 4 members (excludes halogenated alkanes) is 1. The van der Waals surface area contributed by atoms with Crippen molar-refractivity contribution in [2.75, 3.05) is 19.6 Å². The third-order valence-electron chi connectivity index (χ3n) is 3.86. The van der Waals surface area contributed by atoms with Crippen LogP contribution in [-0.4, -0.2) is 41.1 Å². The summed E-state index contributed by atoms with van der Waals surface area (Å²) in [5, 5.41) is 8.88. The molecular weight excluding hydrogens is 216 g/mol. The van der Waals surface area contributed by atoms with Gasteiger partial charge in [0.25, 0.3) is 0 Å². The molecule has 1 fully saturated rings. The van der Waals surface area contributed by atoms with Gasteiger partial charge in [0.1, 0.15) is 5.54 Å². The zero-order chi connectivity index (χ0) is 12.9. The van der Waals surface area contributed by atoms with E-state index in [0.717, 1.165) is 25.3 Å². The predicted octanol–water partition coefficient (Wildman–Crippen LogP) is 1.69. The standard InChI is InChI=1S/C13H26N2O2/c1-3-11-6-9-15(10-11)8-5-4-7-13(2,14)12(16)17/h11H,3-10,14H2,1-2H3,(H,16,17). The van der Waals surface area contributed by atoms with Gasteiger partial charge in [-0.05, 0) is 51.6 Å². The summed E-state index contributed by atoms with van der Waals surface area (Å²) in [5.41, 5.74) is 4.63. The van der Waals surface area contributed by atoms with Gasteiger partial charge in [-0.15, -0.1) is 0 Å². The second-order valence-electron chi connectivity index (χ2n) is 5.54. The van der Waals surface area contributed by atoms with Crippen LogP contribution in [0.5, 0.6) is 0 Å². The molecule has 1 heterocycles. The third-order valence-corrected chi connectivity index (χ3v) is 3.86. The van der Waals surface area contributed by atoms with Crippen molar-refractivity contribution in [2.24, 2.45) is 11.7 Å². The second-order valence-corrected chi connectivity index (χ2v) is 5.54. The fourth-order valence-electron chi connectivity index (χ4n) is 2.38. The van der Waals surface area contributed by atoms with Crippen LogP contribution in [0.1, 0.15) is 46.0 Å². The van der Waals surface area contributed by atoms with E-state index < -0.39 is 11.5 Å². The molecule has 17 heavy (non-hydrogen) atoms. The molecule has 1 rings (SSSR count). The largest absolute Gasteiger partial charge is 0.480 e. The summed E-state index contributed by atoms with van der Waals surface area (Å²) >= 11 is 0. The smallest absolute Gasteiger partial charge is 0.323 e. The van der Waals surface area contributed by atoms with Crippen molar-refractivity contribution in [3.63, 3.8) is 0 Å². The number of nitrogens with two attached hydrogens (primary N) is 1. The van der Waals surface area contributed by atoms with Crippen molar-refractivity contribution in [1.29, 1.82) is 0 Å². The molecule has 2 unspecified atom stereocenters. The Kier molecular flexibility index (Phi) is 5.40. The van der Waals surface area contributed by atoms with Gasteiger partial charge in [-0.2, -0.15) is 0 Å². The Labute approximate surface area is 104 Å². The van der Waals surface area contributed by atoms with E-state index in [2.05, 4.69) is 11.8 Å². The van der Waals surface area contributed by atoms with Crippen molar-refractivity contribution in [3.05, 3.63) is 0 Å². The lowest BCUT2D eigenvalue weighted by molar-refractivity contribution is -0.142. The molecule has 0 aliphatic carbocycles. The average molecular weight is 242 g/mol. The summed E-state index contributed by atoms with van der Waals surface area (Å²) in [6, 6.07) is 0. The predicted molar refractivity (Wildman–Crippen MR) is 68.9 cm³/mol. The molecule has 0 bridgehead atoms. The van der Waals surface area contributed by atoms with Gasteiger partial charge < -0.3 is 15.7 Å². The number of nitrogens with zero attached hydrogens (tertiary/aromatic N) is 1. The van der Waals surface area contributed by atoms with Crippen molar-refractivity contribution in [1.82, 2.24) is 4.90 Å². The van der Waals surface area contributed by atoms with Gasteiger partial charge in [-0.25, -0.2) is 0 Å².